The fourth-order valence-electron chi connectivity index (χ4n) is 3.20. The average Bonchev–Trinajstić information content (AvgIpc) is 2.77. The van der Waals surface area contributed by atoms with Crippen LogP contribution in [-0.4, -0.2) is 24.4 Å². The fraction of sp³-hybridized carbons (Fsp3) is 0.0455. The summed E-state index contributed by atoms with van der Waals surface area (Å²) in [6, 6.07) is 12.8. The topological polar surface area (TPSA) is 127 Å². The Hall–Kier alpha value is -3.05. The van der Waals surface area contributed by atoms with Crippen molar-refractivity contribution in [3.63, 3.8) is 0 Å². The number of fused-ring (bicyclic) bond motifs is 1. The minimum absolute atomic E-state index is 0.00951. The van der Waals surface area contributed by atoms with Gasteiger partial charge < -0.3 is 10.4 Å². The van der Waals surface area contributed by atoms with Crippen molar-refractivity contribution in [1.82, 2.24) is 0 Å². The summed E-state index contributed by atoms with van der Waals surface area (Å²) in [5.41, 5.74) is 0.469. The van der Waals surface area contributed by atoms with Crippen LogP contribution in [0.1, 0.15) is 11.1 Å². The number of rotatable bonds is 5. The van der Waals surface area contributed by atoms with Crippen molar-refractivity contribution in [3.05, 3.63) is 90.8 Å². The summed E-state index contributed by atoms with van der Waals surface area (Å²) in [5.74, 6) is -1.39. The van der Waals surface area contributed by atoms with E-state index < -0.39 is 37.9 Å². The third-order valence-corrected chi connectivity index (χ3v) is 8.34. The summed E-state index contributed by atoms with van der Waals surface area (Å²) < 4.78 is 25.9. The largest absolute Gasteiger partial charge is 0.502 e. The number of phenolic OH excluding ortho intramolecular Hbond substituents is 1. The molecule has 0 radical (unpaired) electrons. The summed E-state index contributed by atoms with van der Waals surface area (Å²) in [6.07, 6.45) is 1.44. The zero-order valence-corrected chi connectivity index (χ0v) is 20.1. The molecule has 0 unspecified atom stereocenters. The van der Waals surface area contributed by atoms with E-state index in [9.17, 15) is 28.4 Å². The Bertz CT molecular complexity index is 1470. The minimum atomic E-state index is -3.82. The number of nitro benzene ring substituents is 1. The van der Waals surface area contributed by atoms with Gasteiger partial charge in [-0.15, -0.1) is 0 Å². The number of carbonyl (C=O) groups is 1. The maximum Gasteiger partial charge on any atom is 0.311 e. The number of carbonyl (C=O) groups excluding carboxylic acids is 1. The molecule has 0 aliphatic carbocycles. The molecule has 174 valence electrons. The number of sulfone groups is 1. The number of halogens is 2. The molecule has 1 heterocycles. The quantitative estimate of drug-likeness (QED) is 0.244. The molecule has 8 nitrogen and oxygen atoms in total. The number of benzene rings is 3. The van der Waals surface area contributed by atoms with Gasteiger partial charge in [0, 0.05) is 26.6 Å². The van der Waals surface area contributed by atoms with Gasteiger partial charge in [-0.25, -0.2) is 8.42 Å². The third-order valence-electron chi connectivity index (χ3n) is 4.89. The summed E-state index contributed by atoms with van der Waals surface area (Å²) in [7, 11) is -3.82. The van der Waals surface area contributed by atoms with Crippen LogP contribution in [0.2, 0.25) is 10.0 Å². The maximum absolute atomic E-state index is 13.0. The summed E-state index contributed by atoms with van der Waals surface area (Å²) >= 11 is 13.3. The Morgan fingerprint density at radius 2 is 1.79 bits per heavy atom. The van der Waals surface area contributed by atoms with E-state index in [1.807, 2.05) is 0 Å². The molecule has 2 N–H and O–H groups in total. The number of hydrogen-bond donors (Lipinski definition) is 2. The van der Waals surface area contributed by atoms with Gasteiger partial charge in [-0.3, -0.25) is 14.9 Å². The molecule has 0 bridgehead atoms. The number of nitro groups is 1. The number of aromatic hydroxyl groups is 1. The van der Waals surface area contributed by atoms with Crippen molar-refractivity contribution in [2.75, 3.05) is 5.32 Å². The van der Waals surface area contributed by atoms with Gasteiger partial charge in [-0.2, -0.15) is 0 Å². The zero-order chi connectivity index (χ0) is 24.6. The molecule has 1 amide bonds. The molecular weight excluding hydrogens is 523 g/mol. The molecule has 0 saturated heterocycles. The second-order valence-corrected chi connectivity index (χ2v) is 11.1. The molecule has 34 heavy (non-hydrogen) atoms. The number of phenols is 1. The molecule has 0 atom stereocenters. The Morgan fingerprint density at radius 1 is 1.09 bits per heavy atom. The predicted molar refractivity (Wildman–Crippen MR) is 131 cm³/mol. The van der Waals surface area contributed by atoms with E-state index in [4.69, 9.17) is 23.2 Å². The van der Waals surface area contributed by atoms with Crippen LogP contribution in [0.25, 0.3) is 6.08 Å². The number of nitrogens with zero attached hydrogens (tertiary/aromatic N) is 1. The zero-order valence-electron chi connectivity index (χ0n) is 17.0. The van der Waals surface area contributed by atoms with Crippen LogP contribution in [0.3, 0.4) is 0 Å². The molecule has 3 aromatic carbocycles. The molecule has 4 rings (SSSR count). The number of thioether (sulfide) groups is 1. The first-order valence-corrected chi connectivity index (χ1v) is 12.8. The molecule has 3 aromatic rings. The van der Waals surface area contributed by atoms with Crippen LogP contribution < -0.4 is 5.32 Å². The van der Waals surface area contributed by atoms with Gasteiger partial charge in [0.15, 0.2) is 15.6 Å². The summed E-state index contributed by atoms with van der Waals surface area (Å²) in [5, 5.41) is 23.8. The monoisotopic (exact) mass is 536 g/mol. The van der Waals surface area contributed by atoms with Crippen molar-refractivity contribution in [3.8, 4) is 5.75 Å². The Labute approximate surface area is 208 Å². The SMILES string of the molecule is O=C1Nc2cc(S(=O)(=O)Cc3c(Cl)cccc3Cl)ccc2S/C1=C/c1ccc(O)c([N+](=O)[O-])c1. The van der Waals surface area contributed by atoms with Gasteiger partial charge in [0.1, 0.15) is 0 Å². The van der Waals surface area contributed by atoms with E-state index in [-0.39, 0.29) is 25.4 Å². The van der Waals surface area contributed by atoms with Crippen molar-refractivity contribution in [2.24, 2.45) is 0 Å². The van der Waals surface area contributed by atoms with E-state index in [0.717, 1.165) is 17.8 Å². The highest BCUT2D eigenvalue weighted by molar-refractivity contribution is 8.04. The van der Waals surface area contributed by atoms with Crippen LogP contribution >= 0.6 is 35.0 Å². The second kappa shape index (κ2) is 9.30. The van der Waals surface area contributed by atoms with Gasteiger partial charge in [0.25, 0.3) is 5.91 Å². The molecule has 0 spiro atoms. The van der Waals surface area contributed by atoms with Gasteiger partial charge in [0.05, 0.1) is 26.2 Å². The van der Waals surface area contributed by atoms with Crippen LogP contribution in [0, 0.1) is 10.1 Å². The Balaban J connectivity index is 1.62. The first-order valence-electron chi connectivity index (χ1n) is 9.53. The number of hydrogen-bond acceptors (Lipinski definition) is 7. The Morgan fingerprint density at radius 3 is 2.47 bits per heavy atom. The molecule has 1 aliphatic rings. The van der Waals surface area contributed by atoms with Crippen molar-refractivity contribution in [1.29, 1.82) is 0 Å². The Kier molecular flexibility index (Phi) is 6.59. The van der Waals surface area contributed by atoms with Gasteiger partial charge in [-0.1, -0.05) is 47.1 Å². The molecule has 0 fully saturated rings. The van der Waals surface area contributed by atoms with E-state index in [1.54, 1.807) is 24.3 Å². The minimum Gasteiger partial charge on any atom is -0.502 e. The van der Waals surface area contributed by atoms with Crippen LogP contribution in [-0.2, 0) is 20.4 Å². The molecule has 0 saturated carbocycles. The van der Waals surface area contributed by atoms with Crippen LogP contribution in [0.5, 0.6) is 5.75 Å². The highest BCUT2D eigenvalue weighted by atomic mass is 35.5. The fourth-order valence-corrected chi connectivity index (χ4v) is 6.26. The first-order chi connectivity index (χ1) is 16.0. The lowest BCUT2D eigenvalue weighted by molar-refractivity contribution is -0.385. The van der Waals surface area contributed by atoms with Crippen molar-refractivity contribution >= 4 is 68.2 Å². The molecule has 0 aromatic heterocycles. The highest BCUT2D eigenvalue weighted by Gasteiger charge is 2.25. The average molecular weight is 537 g/mol. The predicted octanol–water partition coefficient (Wildman–Crippen LogP) is 5.67. The number of nitrogens with one attached hydrogen (secondary N) is 1. The lowest BCUT2D eigenvalue weighted by atomic mass is 10.1. The van der Waals surface area contributed by atoms with Gasteiger partial charge in [-0.05, 0) is 48.0 Å². The summed E-state index contributed by atoms with van der Waals surface area (Å²) in [4.78, 5) is 23.8. The van der Waals surface area contributed by atoms with E-state index in [1.165, 1.54) is 30.3 Å². The smallest absolute Gasteiger partial charge is 0.311 e. The molecular formula is C22H14Cl2N2O6S2. The van der Waals surface area contributed by atoms with Crippen LogP contribution in [0.15, 0.2) is 69.3 Å². The first kappa shape index (κ1) is 24.1. The lowest BCUT2D eigenvalue weighted by Gasteiger charge is -2.19. The van der Waals surface area contributed by atoms with Gasteiger partial charge >= 0.3 is 5.69 Å². The highest BCUT2D eigenvalue weighted by Crippen LogP contribution is 2.41. The van der Waals surface area contributed by atoms with Crippen molar-refractivity contribution in [2.45, 2.75) is 15.5 Å². The van der Waals surface area contributed by atoms with Crippen LogP contribution in [0.4, 0.5) is 11.4 Å². The van der Waals surface area contributed by atoms with Gasteiger partial charge in [0.2, 0.25) is 0 Å². The third kappa shape index (κ3) is 4.90. The maximum atomic E-state index is 13.0. The number of anilines is 1. The molecule has 1 aliphatic heterocycles. The summed E-state index contributed by atoms with van der Waals surface area (Å²) in [6.45, 7) is 0. The molecule has 12 heteroatoms. The van der Waals surface area contributed by atoms with E-state index in [0.29, 0.717) is 16.1 Å². The van der Waals surface area contributed by atoms with E-state index in [2.05, 4.69) is 5.32 Å². The van der Waals surface area contributed by atoms with E-state index >= 15 is 0 Å². The normalized spacial score (nSPS) is 14.5. The number of amides is 1. The van der Waals surface area contributed by atoms with Crippen molar-refractivity contribution < 1.29 is 23.2 Å². The standard InChI is InChI=1S/C22H14Cl2N2O6S2/c23-15-2-1-3-16(24)14(15)11-34(31,32)13-5-7-20-17(10-13)25-22(28)21(33-20)9-12-4-6-19(27)18(8-12)26(29)30/h1-10,27H,11H2,(H,25,28)/b21-9+. The lowest BCUT2D eigenvalue weighted by Crippen LogP contribution is -2.18. The second-order valence-electron chi connectivity index (χ2n) is 7.19.